The molecule has 0 saturated carbocycles. The number of carbonyl (C=O) groups is 1. The number of benzene rings is 1. The zero-order chi connectivity index (χ0) is 15.7. The Labute approximate surface area is 136 Å². The van der Waals surface area contributed by atoms with Crippen LogP contribution < -0.4 is 0 Å². The summed E-state index contributed by atoms with van der Waals surface area (Å²) in [5.41, 5.74) is 2.00. The van der Waals surface area contributed by atoms with Crippen molar-refractivity contribution in [3.8, 4) is 11.1 Å². The fourth-order valence-electron chi connectivity index (χ4n) is 2.12. The maximum absolute atomic E-state index is 11.9. The first-order chi connectivity index (χ1) is 10.6. The van der Waals surface area contributed by atoms with Gasteiger partial charge in [-0.15, -0.1) is 0 Å². The number of hydrogen-bond acceptors (Lipinski definition) is 4. The summed E-state index contributed by atoms with van der Waals surface area (Å²) in [5.74, 6) is -0.480. The summed E-state index contributed by atoms with van der Waals surface area (Å²) in [6.45, 7) is 2.02. The number of halogens is 2. The summed E-state index contributed by atoms with van der Waals surface area (Å²) in [5, 5.41) is 5.00. The Kier molecular flexibility index (Phi) is 4.00. The van der Waals surface area contributed by atoms with Crippen molar-refractivity contribution in [2.75, 3.05) is 6.61 Å². The summed E-state index contributed by atoms with van der Waals surface area (Å²) in [4.78, 5) is 16.1. The van der Waals surface area contributed by atoms with Crippen LogP contribution in [0.5, 0.6) is 0 Å². The van der Waals surface area contributed by atoms with E-state index in [2.05, 4.69) is 10.1 Å². The van der Waals surface area contributed by atoms with Crippen molar-refractivity contribution < 1.29 is 9.53 Å². The minimum absolute atomic E-state index is 0.273. The van der Waals surface area contributed by atoms with Crippen molar-refractivity contribution in [2.45, 2.75) is 6.92 Å². The van der Waals surface area contributed by atoms with Gasteiger partial charge in [-0.3, -0.25) is 0 Å². The molecule has 2 heterocycles. The van der Waals surface area contributed by atoms with E-state index in [-0.39, 0.29) is 12.2 Å². The number of ether oxygens (including phenoxy) is 1. The van der Waals surface area contributed by atoms with Crippen LogP contribution in [-0.2, 0) is 4.74 Å². The van der Waals surface area contributed by atoms with Crippen LogP contribution in [0, 0.1) is 0 Å². The Morgan fingerprint density at radius 2 is 2.00 bits per heavy atom. The molecule has 0 radical (unpaired) electrons. The van der Waals surface area contributed by atoms with Crippen molar-refractivity contribution in [1.82, 2.24) is 14.6 Å². The van der Waals surface area contributed by atoms with Crippen molar-refractivity contribution >= 4 is 34.8 Å². The van der Waals surface area contributed by atoms with Crippen molar-refractivity contribution in [1.29, 1.82) is 0 Å². The number of aromatic nitrogens is 3. The van der Waals surface area contributed by atoms with Crippen LogP contribution in [0.25, 0.3) is 16.8 Å². The second-order valence-corrected chi connectivity index (χ2v) is 5.22. The van der Waals surface area contributed by atoms with Gasteiger partial charge in [-0.25, -0.2) is 14.3 Å². The first-order valence-electron chi connectivity index (χ1n) is 6.57. The summed E-state index contributed by atoms with van der Waals surface area (Å²) in [6, 6.07) is 7.30. The van der Waals surface area contributed by atoms with E-state index in [0.717, 1.165) is 5.56 Å². The normalized spacial score (nSPS) is 10.9. The van der Waals surface area contributed by atoms with Gasteiger partial charge in [0.1, 0.15) is 10.7 Å². The van der Waals surface area contributed by atoms with E-state index in [4.69, 9.17) is 27.9 Å². The standard InChI is InChI=1S/C15H11Cl2N3O2/c1-2-22-15(21)11-8-19-20-13(17)10(7-18-14(11)20)9-5-3-4-6-12(9)16/h3-8H,2H2,1H3. The molecule has 0 aliphatic carbocycles. The second kappa shape index (κ2) is 5.94. The molecule has 7 heteroatoms. The zero-order valence-electron chi connectivity index (χ0n) is 11.6. The highest BCUT2D eigenvalue weighted by molar-refractivity contribution is 6.36. The van der Waals surface area contributed by atoms with Crippen molar-refractivity contribution in [3.63, 3.8) is 0 Å². The molecule has 0 aliphatic heterocycles. The Hall–Kier alpha value is -2.11. The molecule has 3 rings (SSSR count). The molecule has 0 bridgehead atoms. The van der Waals surface area contributed by atoms with E-state index in [1.165, 1.54) is 10.7 Å². The molecule has 0 spiro atoms. The molecule has 3 aromatic rings. The lowest BCUT2D eigenvalue weighted by Crippen LogP contribution is -2.05. The second-order valence-electron chi connectivity index (χ2n) is 4.46. The van der Waals surface area contributed by atoms with E-state index in [0.29, 0.717) is 21.4 Å². The van der Waals surface area contributed by atoms with E-state index in [9.17, 15) is 4.79 Å². The van der Waals surface area contributed by atoms with E-state index in [1.807, 2.05) is 18.2 Å². The third-order valence-corrected chi connectivity index (χ3v) is 3.82. The maximum atomic E-state index is 11.9. The lowest BCUT2D eigenvalue weighted by atomic mass is 10.1. The number of esters is 1. The van der Waals surface area contributed by atoms with Gasteiger partial charge < -0.3 is 4.74 Å². The van der Waals surface area contributed by atoms with Crippen molar-refractivity contribution in [3.05, 3.63) is 52.4 Å². The van der Waals surface area contributed by atoms with Gasteiger partial charge >= 0.3 is 5.97 Å². The van der Waals surface area contributed by atoms with Crippen LogP contribution in [0.15, 0.2) is 36.7 Å². The first kappa shape index (κ1) is 14.8. The predicted octanol–water partition coefficient (Wildman–Crippen LogP) is 3.88. The molecular formula is C15H11Cl2N3O2. The first-order valence-corrected chi connectivity index (χ1v) is 7.33. The molecule has 0 unspecified atom stereocenters. The SMILES string of the molecule is CCOC(=O)c1cnn2c(Cl)c(-c3ccccc3Cl)cnc12. The highest BCUT2D eigenvalue weighted by Crippen LogP contribution is 2.33. The van der Waals surface area contributed by atoms with Gasteiger partial charge in [0.05, 0.1) is 12.8 Å². The molecule has 0 N–H and O–H groups in total. The maximum Gasteiger partial charge on any atom is 0.343 e. The van der Waals surface area contributed by atoms with Gasteiger partial charge in [0.2, 0.25) is 0 Å². The number of fused-ring (bicyclic) bond motifs is 1. The van der Waals surface area contributed by atoms with E-state index < -0.39 is 5.97 Å². The molecule has 112 valence electrons. The molecule has 0 amide bonds. The Morgan fingerprint density at radius 1 is 1.23 bits per heavy atom. The summed E-state index contributed by atoms with van der Waals surface area (Å²) < 4.78 is 6.37. The topological polar surface area (TPSA) is 56.5 Å². The van der Waals surface area contributed by atoms with Crippen LogP contribution in [0.1, 0.15) is 17.3 Å². The van der Waals surface area contributed by atoms with Gasteiger partial charge in [-0.05, 0) is 13.0 Å². The summed E-state index contributed by atoms with van der Waals surface area (Å²) >= 11 is 12.6. The molecule has 5 nitrogen and oxygen atoms in total. The molecule has 2 aromatic heterocycles. The van der Waals surface area contributed by atoms with Crippen LogP contribution in [0.4, 0.5) is 0 Å². The minimum Gasteiger partial charge on any atom is -0.462 e. The summed E-state index contributed by atoms with van der Waals surface area (Å²) in [7, 11) is 0. The van der Waals surface area contributed by atoms with Gasteiger partial charge in [0, 0.05) is 22.3 Å². The third-order valence-electron chi connectivity index (χ3n) is 3.13. The fraction of sp³-hybridized carbons (Fsp3) is 0.133. The quantitative estimate of drug-likeness (QED) is 0.538. The highest BCUT2D eigenvalue weighted by Gasteiger charge is 2.19. The minimum atomic E-state index is -0.480. The smallest absolute Gasteiger partial charge is 0.343 e. The van der Waals surface area contributed by atoms with Gasteiger partial charge in [-0.1, -0.05) is 41.4 Å². The van der Waals surface area contributed by atoms with Crippen LogP contribution in [0.3, 0.4) is 0 Å². The van der Waals surface area contributed by atoms with E-state index in [1.54, 1.807) is 19.2 Å². The lowest BCUT2D eigenvalue weighted by molar-refractivity contribution is 0.0528. The zero-order valence-corrected chi connectivity index (χ0v) is 13.1. The number of rotatable bonds is 3. The number of carbonyl (C=O) groups excluding carboxylic acids is 1. The molecule has 0 fully saturated rings. The largest absolute Gasteiger partial charge is 0.462 e. The fourth-order valence-corrected chi connectivity index (χ4v) is 2.63. The lowest BCUT2D eigenvalue weighted by Gasteiger charge is -2.08. The number of nitrogens with zero attached hydrogens (tertiary/aromatic N) is 3. The molecule has 22 heavy (non-hydrogen) atoms. The highest BCUT2D eigenvalue weighted by atomic mass is 35.5. The van der Waals surface area contributed by atoms with Crippen LogP contribution in [0.2, 0.25) is 10.2 Å². The number of hydrogen-bond donors (Lipinski definition) is 0. The Bertz CT molecular complexity index is 861. The monoisotopic (exact) mass is 335 g/mol. The molecule has 0 aliphatic rings. The van der Waals surface area contributed by atoms with Gasteiger partial charge in [0.25, 0.3) is 0 Å². The third kappa shape index (κ3) is 2.42. The van der Waals surface area contributed by atoms with E-state index >= 15 is 0 Å². The van der Waals surface area contributed by atoms with Gasteiger partial charge in [-0.2, -0.15) is 5.10 Å². The molecule has 0 saturated heterocycles. The average molecular weight is 336 g/mol. The van der Waals surface area contributed by atoms with Crippen LogP contribution >= 0.6 is 23.2 Å². The summed E-state index contributed by atoms with van der Waals surface area (Å²) in [6.07, 6.45) is 2.96. The predicted molar refractivity (Wildman–Crippen MR) is 84.4 cm³/mol. The Morgan fingerprint density at radius 3 is 2.73 bits per heavy atom. The van der Waals surface area contributed by atoms with Crippen LogP contribution in [-0.4, -0.2) is 27.2 Å². The molecule has 1 aromatic carbocycles. The Balaban J connectivity index is 2.16. The van der Waals surface area contributed by atoms with Gasteiger partial charge in [0.15, 0.2) is 5.65 Å². The average Bonchev–Trinajstić information content (AvgIpc) is 2.94. The molecular weight excluding hydrogens is 325 g/mol. The molecule has 0 atom stereocenters. The van der Waals surface area contributed by atoms with Crippen molar-refractivity contribution in [2.24, 2.45) is 0 Å².